The van der Waals surface area contributed by atoms with Gasteiger partial charge >= 0.3 is 0 Å². The van der Waals surface area contributed by atoms with Gasteiger partial charge in [0, 0.05) is 13.0 Å². The van der Waals surface area contributed by atoms with Crippen molar-refractivity contribution in [2.75, 3.05) is 6.54 Å². The Hall–Kier alpha value is -3.73. The molecule has 0 saturated carbocycles. The van der Waals surface area contributed by atoms with E-state index in [1.165, 1.54) is 0 Å². The zero-order valence-corrected chi connectivity index (χ0v) is 20.6. The molecule has 0 spiro atoms. The molecule has 1 amide bonds. The van der Waals surface area contributed by atoms with Gasteiger partial charge in [0.15, 0.2) is 0 Å². The molecule has 0 aliphatic rings. The fraction of sp³-hybridized carbons (Fsp3) is 0.300. The van der Waals surface area contributed by atoms with E-state index in [9.17, 15) is 9.59 Å². The molecule has 0 aliphatic heterocycles. The Morgan fingerprint density at radius 1 is 0.886 bits per heavy atom. The molecule has 0 saturated heterocycles. The van der Waals surface area contributed by atoms with E-state index in [4.69, 9.17) is 4.98 Å². The fourth-order valence-corrected chi connectivity index (χ4v) is 4.64. The van der Waals surface area contributed by atoms with Crippen molar-refractivity contribution in [1.29, 1.82) is 0 Å². The summed E-state index contributed by atoms with van der Waals surface area (Å²) >= 11 is 0. The molecule has 3 aromatic carbocycles. The molecule has 0 N–H and O–H groups in total. The Labute approximate surface area is 207 Å². The van der Waals surface area contributed by atoms with Crippen molar-refractivity contribution in [2.24, 2.45) is 0 Å². The van der Waals surface area contributed by atoms with Gasteiger partial charge in [-0.2, -0.15) is 0 Å². The molecule has 180 valence electrons. The number of para-hydroxylation sites is 1. The molecule has 1 heterocycles. The predicted molar refractivity (Wildman–Crippen MR) is 141 cm³/mol. The summed E-state index contributed by atoms with van der Waals surface area (Å²) in [5.74, 6) is 0.748. The van der Waals surface area contributed by atoms with Crippen molar-refractivity contribution < 1.29 is 4.79 Å². The first-order valence-corrected chi connectivity index (χ1v) is 12.5. The molecule has 4 rings (SSSR count). The summed E-state index contributed by atoms with van der Waals surface area (Å²) in [7, 11) is 0. The van der Waals surface area contributed by atoms with E-state index < -0.39 is 0 Å². The maximum Gasteiger partial charge on any atom is 0.261 e. The number of hydrogen-bond acceptors (Lipinski definition) is 3. The summed E-state index contributed by atoms with van der Waals surface area (Å²) in [5.41, 5.74) is 2.78. The van der Waals surface area contributed by atoms with E-state index in [2.05, 4.69) is 26.0 Å². The zero-order valence-electron chi connectivity index (χ0n) is 20.6. The van der Waals surface area contributed by atoms with Crippen molar-refractivity contribution in [1.82, 2.24) is 14.5 Å². The van der Waals surface area contributed by atoms with Gasteiger partial charge in [-0.15, -0.1) is 0 Å². The number of fused-ring (bicyclic) bond motifs is 1. The van der Waals surface area contributed by atoms with Crippen LogP contribution < -0.4 is 5.56 Å². The second-order valence-electron chi connectivity index (χ2n) is 8.86. The number of aryl methyl sites for hydroxylation is 1. The van der Waals surface area contributed by atoms with Gasteiger partial charge in [0.05, 0.1) is 23.5 Å². The average molecular weight is 468 g/mol. The highest BCUT2D eigenvalue weighted by Gasteiger charge is 2.28. The normalized spacial score (nSPS) is 11.9. The summed E-state index contributed by atoms with van der Waals surface area (Å²) in [6.45, 7) is 5.18. The third-order valence-electron chi connectivity index (χ3n) is 6.39. The molecule has 1 atom stereocenters. The molecule has 5 nitrogen and oxygen atoms in total. The highest BCUT2D eigenvalue weighted by atomic mass is 16.2. The van der Waals surface area contributed by atoms with Crippen LogP contribution in [0.4, 0.5) is 0 Å². The maximum atomic E-state index is 13.7. The molecule has 4 aromatic rings. The molecule has 0 fully saturated rings. The second-order valence-corrected chi connectivity index (χ2v) is 8.86. The summed E-state index contributed by atoms with van der Waals surface area (Å²) in [4.78, 5) is 34.1. The Bertz CT molecular complexity index is 1320. The van der Waals surface area contributed by atoms with Gasteiger partial charge in [-0.3, -0.25) is 14.2 Å². The quantitative estimate of drug-likeness (QED) is 0.298. The van der Waals surface area contributed by atoms with Gasteiger partial charge in [-0.1, -0.05) is 86.6 Å². The first-order chi connectivity index (χ1) is 17.1. The Balaban J connectivity index is 1.74. The highest BCUT2D eigenvalue weighted by molar-refractivity contribution is 5.78. The largest absolute Gasteiger partial charge is 0.333 e. The van der Waals surface area contributed by atoms with Crippen LogP contribution in [-0.2, 0) is 17.8 Å². The van der Waals surface area contributed by atoms with Crippen LogP contribution in [0.5, 0.6) is 0 Å². The lowest BCUT2D eigenvalue weighted by Crippen LogP contribution is -2.39. The third-order valence-corrected chi connectivity index (χ3v) is 6.39. The van der Waals surface area contributed by atoms with Crippen LogP contribution in [0.25, 0.3) is 10.9 Å². The van der Waals surface area contributed by atoms with Gasteiger partial charge in [-0.25, -0.2) is 4.98 Å². The monoisotopic (exact) mass is 467 g/mol. The van der Waals surface area contributed by atoms with E-state index >= 15 is 0 Å². The first kappa shape index (κ1) is 24.4. The summed E-state index contributed by atoms with van der Waals surface area (Å²) in [6, 6.07) is 27.2. The van der Waals surface area contributed by atoms with E-state index in [-0.39, 0.29) is 17.5 Å². The third kappa shape index (κ3) is 5.68. The van der Waals surface area contributed by atoms with Gasteiger partial charge in [0.1, 0.15) is 5.82 Å². The van der Waals surface area contributed by atoms with Crippen LogP contribution in [-0.4, -0.2) is 26.9 Å². The van der Waals surface area contributed by atoms with Crippen molar-refractivity contribution >= 4 is 16.8 Å². The number of carbonyl (C=O) groups is 1. The Morgan fingerprint density at radius 3 is 2.17 bits per heavy atom. The lowest BCUT2D eigenvalue weighted by molar-refractivity contribution is -0.134. The topological polar surface area (TPSA) is 55.2 Å². The smallest absolute Gasteiger partial charge is 0.261 e. The molecule has 0 bridgehead atoms. The highest BCUT2D eigenvalue weighted by Crippen LogP contribution is 2.26. The van der Waals surface area contributed by atoms with Crippen molar-refractivity contribution in [3.8, 4) is 0 Å². The number of nitrogens with zero attached hydrogens (tertiary/aromatic N) is 3. The molecule has 35 heavy (non-hydrogen) atoms. The number of aromatic nitrogens is 2. The van der Waals surface area contributed by atoms with Crippen LogP contribution in [0, 0.1) is 0 Å². The number of benzene rings is 3. The minimum absolute atomic E-state index is 0.0684. The average Bonchev–Trinajstić information content (AvgIpc) is 2.90. The SMILES string of the molecule is CCCN(C(=O)CCc1ccccc1)C(CC)c1nc2ccccc2c(=O)n1Cc1ccccc1. The van der Waals surface area contributed by atoms with Crippen molar-refractivity contribution in [3.63, 3.8) is 0 Å². The van der Waals surface area contributed by atoms with Crippen LogP contribution in [0.15, 0.2) is 89.7 Å². The van der Waals surface area contributed by atoms with Crippen LogP contribution in [0.3, 0.4) is 0 Å². The van der Waals surface area contributed by atoms with Gasteiger partial charge in [0.2, 0.25) is 5.91 Å². The van der Waals surface area contributed by atoms with Gasteiger partial charge in [-0.05, 0) is 42.5 Å². The molecule has 0 radical (unpaired) electrons. The molecular weight excluding hydrogens is 434 g/mol. The number of hydrogen-bond donors (Lipinski definition) is 0. The van der Waals surface area contributed by atoms with Gasteiger partial charge < -0.3 is 4.90 Å². The van der Waals surface area contributed by atoms with Crippen molar-refractivity contribution in [3.05, 3.63) is 112 Å². The molecule has 1 aromatic heterocycles. The Kier molecular flexibility index (Phi) is 8.09. The molecule has 0 aliphatic carbocycles. The standard InChI is InChI=1S/C30H33N3O2/c1-3-21-32(28(34)20-19-23-13-7-5-8-14-23)27(4-2)29-31-26-18-12-11-17-25(26)30(35)33(29)22-24-15-9-6-10-16-24/h5-18,27H,3-4,19-22H2,1-2H3. The zero-order chi connectivity index (χ0) is 24.6. The minimum Gasteiger partial charge on any atom is -0.333 e. The summed E-state index contributed by atoms with van der Waals surface area (Å²) in [6.07, 6.45) is 2.63. The second kappa shape index (κ2) is 11.6. The maximum absolute atomic E-state index is 13.7. The molecule has 1 unspecified atom stereocenters. The van der Waals surface area contributed by atoms with Crippen molar-refractivity contribution in [2.45, 2.75) is 52.1 Å². The number of rotatable bonds is 10. The lowest BCUT2D eigenvalue weighted by Gasteiger charge is -2.32. The van der Waals surface area contributed by atoms with E-state index in [1.54, 1.807) is 4.57 Å². The van der Waals surface area contributed by atoms with Crippen LogP contribution >= 0.6 is 0 Å². The van der Waals surface area contributed by atoms with E-state index in [1.807, 2.05) is 77.7 Å². The first-order valence-electron chi connectivity index (χ1n) is 12.5. The predicted octanol–water partition coefficient (Wildman–Crippen LogP) is 5.77. The number of carbonyl (C=O) groups excluding carboxylic acids is 1. The van der Waals surface area contributed by atoms with Gasteiger partial charge in [0.25, 0.3) is 5.56 Å². The molecule has 5 heteroatoms. The van der Waals surface area contributed by atoms with Crippen LogP contribution in [0.1, 0.15) is 56.1 Å². The minimum atomic E-state index is -0.278. The number of amides is 1. The summed E-state index contributed by atoms with van der Waals surface area (Å²) in [5, 5.41) is 0.597. The van der Waals surface area contributed by atoms with Crippen LogP contribution in [0.2, 0.25) is 0 Å². The van der Waals surface area contributed by atoms with E-state index in [0.29, 0.717) is 49.1 Å². The lowest BCUT2D eigenvalue weighted by atomic mass is 10.1. The molecular formula is C30H33N3O2. The Morgan fingerprint density at radius 2 is 1.51 bits per heavy atom. The van der Waals surface area contributed by atoms with E-state index in [0.717, 1.165) is 17.5 Å². The fourth-order valence-electron chi connectivity index (χ4n) is 4.64. The summed E-state index contributed by atoms with van der Waals surface area (Å²) < 4.78 is 1.76.